The van der Waals surface area contributed by atoms with Crippen molar-refractivity contribution in [3.63, 3.8) is 0 Å². The van der Waals surface area contributed by atoms with Gasteiger partial charge in [0.25, 0.3) is 5.91 Å². The van der Waals surface area contributed by atoms with Gasteiger partial charge in [-0.1, -0.05) is 18.2 Å². The maximum Gasteiger partial charge on any atom is 0.256 e. The smallest absolute Gasteiger partial charge is 0.256 e. The van der Waals surface area contributed by atoms with Crippen LogP contribution in [0.4, 0.5) is 0 Å². The van der Waals surface area contributed by atoms with E-state index in [1.807, 2.05) is 49.2 Å². The Labute approximate surface area is 125 Å². The van der Waals surface area contributed by atoms with Gasteiger partial charge < -0.3 is 10.2 Å². The zero-order valence-electron chi connectivity index (χ0n) is 12.6. The van der Waals surface area contributed by atoms with Crippen molar-refractivity contribution in [2.45, 2.75) is 25.8 Å². The van der Waals surface area contributed by atoms with E-state index in [1.165, 1.54) is 0 Å². The summed E-state index contributed by atoms with van der Waals surface area (Å²) < 4.78 is 0. The summed E-state index contributed by atoms with van der Waals surface area (Å²) in [7, 11) is 1.93. The third-order valence-corrected chi connectivity index (χ3v) is 4.17. The predicted octanol–water partition coefficient (Wildman–Crippen LogP) is 2.37. The van der Waals surface area contributed by atoms with Crippen LogP contribution >= 0.6 is 0 Å². The molecule has 3 rings (SSSR count). The van der Waals surface area contributed by atoms with E-state index in [0.29, 0.717) is 6.04 Å². The Morgan fingerprint density at radius 2 is 2.24 bits per heavy atom. The number of nitrogens with one attached hydrogen (secondary N) is 1. The summed E-state index contributed by atoms with van der Waals surface area (Å²) in [5.41, 5.74) is 2.48. The van der Waals surface area contributed by atoms with Gasteiger partial charge in [-0.2, -0.15) is 0 Å². The van der Waals surface area contributed by atoms with E-state index in [-0.39, 0.29) is 5.91 Å². The molecule has 21 heavy (non-hydrogen) atoms. The highest BCUT2D eigenvalue weighted by molar-refractivity contribution is 6.05. The van der Waals surface area contributed by atoms with Gasteiger partial charge in [0.1, 0.15) is 0 Å². The second kappa shape index (κ2) is 5.82. The van der Waals surface area contributed by atoms with E-state index in [9.17, 15) is 4.79 Å². The monoisotopic (exact) mass is 283 g/mol. The number of pyridine rings is 1. The van der Waals surface area contributed by atoms with Gasteiger partial charge in [0.2, 0.25) is 0 Å². The van der Waals surface area contributed by atoms with Crippen LogP contribution in [-0.4, -0.2) is 42.0 Å². The fourth-order valence-electron chi connectivity index (χ4n) is 3.12. The number of aromatic nitrogens is 1. The first kappa shape index (κ1) is 14.0. The number of carbonyl (C=O) groups excluding carboxylic acids is 1. The minimum atomic E-state index is 0.108. The molecule has 1 amide bonds. The number of rotatable bonds is 3. The molecule has 4 heteroatoms. The van der Waals surface area contributed by atoms with E-state index in [1.54, 1.807) is 0 Å². The number of para-hydroxylation sites is 1. The molecule has 1 atom stereocenters. The van der Waals surface area contributed by atoms with E-state index in [2.05, 4.69) is 10.3 Å². The summed E-state index contributed by atoms with van der Waals surface area (Å²) in [6, 6.07) is 10.2. The highest BCUT2D eigenvalue weighted by Gasteiger charge is 2.29. The van der Waals surface area contributed by atoms with Crippen molar-refractivity contribution in [3.8, 4) is 0 Å². The van der Waals surface area contributed by atoms with Crippen molar-refractivity contribution >= 4 is 16.8 Å². The average molecular weight is 283 g/mol. The molecule has 1 N–H and O–H groups in total. The van der Waals surface area contributed by atoms with Crippen LogP contribution in [0.25, 0.3) is 10.9 Å². The number of nitrogens with zero attached hydrogens (tertiary/aromatic N) is 2. The standard InChI is InChI=1S/C17H21N3O/c1-12-8-9-13-5-3-7-15(16(13)19-12)17(21)20-10-4-6-14(20)11-18-2/h3,5,7-9,14,18H,4,6,10-11H2,1-2H3/t14-/m1/s1. The second-order valence-corrected chi connectivity index (χ2v) is 5.68. The molecule has 1 aromatic heterocycles. The van der Waals surface area contributed by atoms with Gasteiger partial charge in [-0.3, -0.25) is 9.78 Å². The fraction of sp³-hybridized carbons (Fsp3) is 0.412. The summed E-state index contributed by atoms with van der Waals surface area (Å²) in [4.78, 5) is 19.5. The van der Waals surface area contributed by atoms with Crippen LogP contribution in [0.3, 0.4) is 0 Å². The lowest BCUT2D eigenvalue weighted by Crippen LogP contribution is -2.40. The van der Waals surface area contributed by atoms with Gasteiger partial charge >= 0.3 is 0 Å². The summed E-state index contributed by atoms with van der Waals surface area (Å²) in [6.07, 6.45) is 2.15. The zero-order chi connectivity index (χ0) is 14.8. The molecule has 1 saturated heterocycles. The molecule has 0 aliphatic carbocycles. The van der Waals surface area contributed by atoms with Crippen LogP contribution in [0.5, 0.6) is 0 Å². The summed E-state index contributed by atoms with van der Waals surface area (Å²) in [5, 5.41) is 4.21. The minimum absolute atomic E-state index is 0.108. The first-order valence-corrected chi connectivity index (χ1v) is 7.52. The predicted molar refractivity (Wildman–Crippen MR) is 84.5 cm³/mol. The van der Waals surface area contributed by atoms with Crippen molar-refractivity contribution in [2.75, 3.05) is 20.1 Å². The van der Waals surface area contributed by atoms with E-state index < -0.39 is 0 Å². The maximum atomic E-state index is 12.9. The number of aryl methyl sites for hydroxylation is 1. The second-order valence-electron chi connectivity index (χ2n) is 5.68. The Balaban J connectivity index is 1.99. The molecule has 2 heterocycles. The number of likely N-dealkylation sites (tertiary alicyclic amines) is 1. The van der Waals surface area contributed by atoms with Crippen LogP contribution in [-0.2, 0) is 0 Å². The first-order valence-electron chi connectivity index (χ1n) is 7.52. The third kappa shape index (κ3) is 2.63. The number of carbonyl (C=O) groups is 1. The van der Waals surface area contributed by atoms with Gasteiger partial charge in [0.05, 0.1) is 11.1 Å². The molecule has 0 spiro atoms. The number of likely N-dealkylation sites (N-methyl/N-ethyl adjacent to an activating group) is 1. The van der Waals surface area contributed by atoms with Crippen molar-refractivity contribution in [3.05, 3.63) is 41.6 Å². The molecule has 0 radical (unpaired) electrons. The van der Waals surface area contributed by atoms with Gasteiger partial charge in [0.15, 0.2) is 0 Å². The van der Waals surface area contributed by atoms with Crippen LogP contribution in [0.15, 0.2) is 30.3 Å². The lowest BCUT2D eigenvalue weighted by atomic mass is 10.1. The van der Waals surface area contributed by atoms with Crippen LogP contribution < -0.4 is 5.32 Å². The highest BCUT2D eigenvalue weighted by Crippen LogP contribution is 2.23. The number of hydrogen-bond acceptors (Lipinski definition) is 3. The molecule has 0 unspecified atom stereocenters. The number of fused-ring (bicyclic) bond motifs is 1. The summed E-state index contributed by atoms with van der Waals surface area (Å²) in [5.74, 6) is 0.108. The van der Waals surface area contributed by atoms with E-state index >= 15 is 0 Å². The number of hydrogen-bond donors (Lipinski definition) is 1. The van der Waals surface area contributed by atoms with Crippen molar-refractivity contribution in [1.82, 2.24) is 15.2 Å². The van der Waals surface area contributed by atoms with Crippen LogP contribution in [0, 0.1) is 6.92 Å². The molecule has 1 fully saturated rings. The van der Waals surface area contributed by atoms with Gasteiger partial charge in [0, 0.05) is 30.2 Å². The summed E-state index contributed by atoms with van der Waals surface area (Å²) >= 11 is 0. The van der Waals surface area contributed by atoms with E-state index in [0.717, 1.165) is 48.1 Å². The molecule has 0 saturated carbocycles. The SMILES string of the molecule is CNC[C@H]1CCCN1C(=O)c1cccc2ccc(C)nc12. The lowest BCUT2D eigenvalue weighted by Gasteiger charge is -2.25. The van der Waals surface area contributed by atoms with Crippen molar-refractivity contribution in [1.29, 1.82) is 0 Å². The molecule has 2 aromatic rings. The molecule has 1 aliphatic heterocycles. The van der Waals surface area contributed by atoms with Crippen molar-refractivity contribution < 1.29 is 4.79 Å². The molecule has 1 aliphatic rings. The topological polar surface area (TPSA) is 45.2 Å². The zero-order valence-corrected chi connectivity index (χ0v) is 12.6. The molecular weight excluding hydrogens is 262 g/mol. The van der Waals surface area contributed by atoms with Crippen LogP contribution in [0.1, 0.15) is 28.9 Å². The van der Waals surface area contributed by atoms with Gasteiger partial charge in [-0.15, -0.1) is 0 Å². The maximum absolute atomic E-state index is 12.9. The third-order valence-electron chi connectivity index (χ3n) is 4.17. The van der Waals surface area contributed by atoms with E-state index in [4.69, 9.17) is 0 Å². The van der Waals surface area contributed by atoms with Crippen molar-refractivity contribution in [2.24, 2.45) is 0 Å². The number of benzene rings is 1. The average Bonchev–Trinajstić information content (AvgIpc) is 2.94. The largest absolute Gasteiger partial charge is 0.334 e. The Morgan fingerprint density at radius 3 is 3.05 bits per heavy atom. The Morgan fingerprint density at radius 1 is 1.38 bits per heavy atom. The normalized spacial score (nSPS) is 18.4. The lowest BCUT2D eigenvalue weighted by molar-refractivity contribution is 0.0739. The first-order chi connectivity index (χ1) is 10.2. The Bertz CT molecular complexity index is 668. The van der Waals surface area contributed by atoms with Crippen LogP contribution in [0.2, 0.25) is 0 Å². The number of amides is 1. The Kier molecular flexibility index (Phi) is 3.88. The summed E-state index contributed by atoms with van der Waals surface area (Å²) in [6.45, 7) is 3.65. The molecule has 110 valence electrons. The minimum Gasteiger partial charge on any atom is -0.334 e. The molecular formula is C17H21N3O. The Hall–Kier alpha value is -1.94. The molecule has 0 bridgehead atoms. The fourth-order valence-corrected chi connectivity index (χ4v) is 3.12. The molecule has 4 nitrogen and oxygen atoms in total. The quantitative estimate of drug-likeness (QED) is 0.940. The van der Waals surface area contributed by atoms with Gasteiger partial charge in [-0.25, -0.2) is 0 Å². The molecule has 1 aromatic carbocycles. The highest BCUT2D eigenvalue weighted by atomic mass is 16.2. The van der Waals surface area contributed by atoms with Gasteiger partial charge in [-0.05, 0) is 38.9 Å².